The molecule has 0 bridgehead atoms. The fourth-order valence-electron chi connectivity index (χ4n) is 3.82. The van der Waals surface area contributed by atoms with E-state index in [9.17, 15) is 4.79 Å². The van der Waals surface area contributed by atoms with E-state index in [2.05, 4.69) is 20.2 Å². The molecule has 1 N–H and O–H groups in total. The molecule has 2 fully saturated rings. The normalized spacial score (nSPS) is 20.0. The maximum absolute atomic E-state index is 13.0. The van der Waals surface area contributed by atoms with Crippen LogP contribution in [0.4, 0.5) is 0 Å². The maximum atomic E-state index is 13.0. The van der Waals surface area contributed by atoms with E-state index < -0.39 is 0 Å². The first-order valence-corrected chi connectivity index (χ1v) is 9.32. The number of H-pyrrole nitrogens is 1. The lowest BCUT2D eigenvalue weighted by Crippen LogP contribution is -2.29. The van der Waals surface area contributed by atoms with Crippen molar-refractivity contribution in [3.05, 3.63) is 53.9 Å². The number of aromatic nitrogens is 4. The molecule has 0 radical (unpaired) electrons. The zero-order valence-electron chi connectivity index (χ0n) is 14.6. The van der Waals surface area contributed by atoms with E-state index in [1.807, 2.05) is 35.2 Å². The summed E-state index contributed by atoms with van der Waals surface area (Å²) in [4.78, 5) is 23.9. The molecule has 3 aromatic rings. The molecule has 1 atom stereocenters. The van der Waals surface area contributed by atoms with Crippen molar-refractivity contribution in [1.29, 1.82) is 0 Å². The van der Waals surface area contributed by atoms with E-state index in [0.29, 0.717) is 17.5 Å². The molecule has 132 valence electrons. The second-order valence-corrected chi connectivity index (χ2v) is 7.41. The van der Waals surface area contributed by atoms with Crippen molar-refractivity contribution in [2.75, 3.05) is 13.1 Å². The number of aromatic amines is 1. The molecule has 1 aromatic carbocycles. The Morgan fingerprint density at radius 2 is 2.08 bits per heavy atom. The number of benzene rings is 1. The third-order valence-electron chi connectivity index (χ3n) is 5.42. The van der Waals surface area contributed by atoms with E-state index in [-0.39, 0.29) is 5.91 Å². The van der Waals surface area contributed by atoms with Crippen molar-refractivity contribution >= 4 is 16.7 Å². The van der Waals surface area contributed by atoms with Crippen LogP contribution in [0, 0.1) is 5.92 Å². The van der Waals surface area contributed by atoms with Gasteiger partial charge in [0.05, 0.1) is 0 Å². The summed E-state index contributed by atoms with van der Waals surface area (Å²) in [5.41, 5.74) is 0.555. The number of fused-ring (bicyclic) bond motifs is 1. The molecule has 1 unspecified atom stereocenters. The molecule has 26 heavy (non-hydrogen) atoms. The Kier molecular flexibility index (Phi) is 3.69. The van der Waals surface area contributed by atoms with Crippen LogP contribution in [0.1, 0.15) is 47.3 Å². The minimum absolute atomic E-state index is 0.0283. The fourth-order valence-corrected chi connectivity index (χ4v) is 3.82. The molecular weight excluding hydrogens is 326 g/mol. The number of carbonyl (C=O) groups is 1. The molecule has 0 spiro atoms. The number of pyridine rings is 1. The quantitative estimate of drug-likeness (QED) is 0.787. The van der Waals surface area contributed by atoms with Crippen LogP contribution in [-0.2, 0) is 6.42 Å². The molecule has 6 nitrogen and oxygen atoms in total. The zero-order valence-corrected chi connectivity index (χ0v) is 14.6. The Labute approximate surface area is 151 Å². The minimum atomic E-state index is 0.0283. The third-order valence-corrected chi connectivity index (χ3v) is 5.42. The van der Waals surface area contributed by atoms with Crippen LogP contribution in [0.15, 0.2) is 36.5 Å². The van der Waals surface area contributed by atoms with Crippen LogP contribution in [0.5, 0.6) is 0 Å². The van der Waals surface area contributed by atoms with E-state index in [1.165, 1.54) is 12.8 Å². The average molecular weight is 347 g/mol. The largest absolute Gasteiger partial charge is 0.337 e. The molecule has 1 aliphatic heterocycles. The van der Waals surface area contributed by atoms with Gasteiger partial charge in [0.1, 0.15) is 11.5 Å². The molecule has 1 saturated heterocycles. The fraction of sp³-hybridized carbons (Fsp3) is 0.400. The van der Waals surface area contributed by atoms with E-state index >= 15 is 0 Å². The highest BCUT2D eigenvalue weighted by Gasteiger charge is 2.31. The number of likely N-dealkylation sites (tertiary alicyclic amines) is 1. The van der Waals surface area contributed by atoms with Gasteiger partial charge >= 0.3 is 0 Å². The molecule has 1 saturated carbocycles. The van der Waals surface area contributed by atoms with Gasteiger partial charge < -0.3 is 4.90 Å². The second kappa shape index (κ2) is 6.20. The lowest BCUT2D eigenvalue weighted by molar-refractivity contribution is 0.0783. The van der Waals surface area contributed by atoms with Crippen molar-refractivity contribution in [3.63, 3.8) is 0 Å². The Hall–Kier alpha value is -2.76. The second-order valence-electron chi connectivity index (χ2n) is 7.41. The molecule has 2 aliphatic rings. The van der Waals surface area contributed by atoms with Gasteiger partial charge in [-0.1, -0.05) is 24.3 Å². The topological polar surface area (TPSA) is 74.8 Å². The van der Waals surface area contributed by atoms with Gasteiger partial charge in [-0.15, -0.1) is 0 Å². The van der Waals surface area contributed by atoms with Crippen molar-refractivity contribution in [1.82, 2.24) is 25.1 Å². The zero-order chi connectivity index (χ0) is 17.5. The van der Waals surface area contributed by atoms with Gasteiger partial charge in [-0.3, -0.25) is 14.9 Å². The molecule has 1 aliphatic carbocycles. The summed E-state index contributed by atoms with van der Waals surface area (Å²) in [5.74, 6) is 2.94. The van der Waals surface area contributed by atoms with Gasteiger partial charge in [0, 0.05) is 37.0 Å². The first kappa shape index (κ1) is 15.5. The van der Waals surface area contributed by atoms with Crippen LogP contribution in [0.25, 0.3) is 10.8 Å². The van der Waals surface area contributed by atoms with Crippen molar-refractivity contribution < 1.29 is 4.79 Å². The monoisotopic (exact) mass is 347 g/mol. The predicted molar refractivity (Wildman–Crippen MR) is 97.8 cm³/mol. The van der Waals surface area contributed by atoms with Crippen LogP contribution < -0.4 is 0 Å². The number of rotatable bonds is 4. The van der Waals surface area contributed by atoms with Crippen molar-refractivity contribution in [2.45, 2.75) is 31.6 Å². The number of nitrogens with one attached hydrogen (secondary N) is 1. The van der Waals surface area contributed by atoms with E-state index in [1.54, 1.807) is 6.20 Å². The Morgan fingerprint density at radius 3 is 2.96 bits per heavy atom. The van der Waals surface area contributed by atoms with Crippen LogP contribution >= 0.6 is 0 Å². The molecule has 5 rings (SSSR count). The minimum Gasteiger partial charge on any atom is -0.337 e. The number of amides is 1. The Morgan fingerprint density at radius 1 is 1.19 bits per heavy atom. The number of nitrogens with zero attached hydrogens (tertiary/aromatic N) is 4. The van der Waals surface area contributed by atoms with Gasteiger partial charge in [0.2, 0.25) is 0 Å². The van der Waals surface area contributed by atoms with Gasteiger partial charge in [0.25, 0.3) is 5.91 Å². The summed E-state index contributed by atoms with van der Waals surface area (Å²) in [6, 6.07) is 9.87. The smallest absolute Gasteiger partial charge is 0.273 e. The van der Waals surface area contributed by atoms with Crippen LogP contribution in [-0.4, -0.2) is 44.1 Å². The molecular formula is C20H21N5O. The Balaban J connectivity index is 1.29. The first-order valence-electron chi connectivity index (χ1n) is 9.32. The first-order chi connectivity index (χ1) is 12.8. The van der Waals surface area contributed by atoms with Gasteiger partial charge in [-0.05, 0) is 36.6 Å². The summed E-state index contributed by atoms with van der Waals surface area (Å²) in [6.07, 6.45) is 5.99. The predicted octanol–water partition coefficient (Wildman–Crippen LogP) is 2.94. The number of carbonyl (C=O) groups excluding carboxylic acids is 1. The highest BCUT2D eigenvalue weighted by molar-refractivity contribution is 6.05. The molecule has 6 heteroatoms. The summed E-state index contributed by atoms with van der Waals surface area (Å²) in [7, 11) is 0. The average Bonchev–Trinajstić information content (AvgIpc) is 3.25. The third kappa shape index (κ3) is 2.85. The lowest BCUT2D eigenvalue weighted by Gasteiger charge is -2.17. The molecule has 1 amide bonds. The van der Waals surface area contributed by atoms with Crippen LogP contribution in [0.2, 0.25) is 0 Å². The molecule has 3 heterocycles. The maximum Gasteiger partial charge on any atom is 0.273 e. The van der Waals surface area contributed by atoms with Crippen molar-refractivity contribution in [3.8, 4) is 0 Å². The van der Waals surface area contributed by atoms with Gasteiger partial charge in [0.15, 0.2) is 5.82 Å². The van der Waals surface area contributed by atoms with E-state index in [4.69, 9.17) is 0 Å². The van der Waals surface area contributed by atoms with Crippen molar-refractivity contribution in [2.24, 2.45) is 5.92 Å². The highest BCUT2D eigenvalue weighted by atomic mass is 16.2. The lowest BCUT2D eigenvalue weighted by atomic mass is 10.0. The highest BCUT2D eigenvalue weighted by Crippen LogP contribution is 2.38. The Bertz CT molecular complexity index is 956. The summed E-state index contributed by atoms with van der Waals surface area (Å²) in [6.45, 7) is 1.53. The summed E-state index contributed by atoms with van der Waals surface area (Å²) in [5, 5.41) is 9.38. The van der Waals surface area contributed by atoms with Crippen LogP contribution in [0.3, 0.4) is 0 Å². The molecule has 2 aromatic heterocycles. The van der Waals surface area contributed by atoms with Gasteiger partial charge in [-0.2, -0.15) is 5.10 Å². The number of hydrogen-bond donors (Lipinski definition) is 1. The SMILES string of the molecule is O=C(c1nccc2ccccc12)N1CCC(Cc2nc(C3CC3)n[nH]2)C1. The van der Waals surface area contributed by atoms with E-state index in [0.717, 1.165) is 48.4 Å². The van der Waals surface area contributed by atoms with Gasteiger partial charge in [-0.25, -0.2) is 4.98 Å². The standard InChI is InChI=1S/C20H21N5O/c26-20(18-16-4-2-1-3-14(16)7-9-21-18)25-10-8-13(12-25)11-17-22-19(24-23-17)15-5-6-15/h1-4,7,9,13,15H,5-6,8,10-12H2,(H,22,23,24). The summed E-state index contributed by atoms with van der Waals surface area (Å²) < 4.78 is 0. The summed E-state index contributed by atoms with van der Waals surface area (Å²) >= 11 is 0. The number of hydrogen-bond acceptors (Lipinski definition) is 4.